The van der Waals surface area contributed by atoms with Gasteiger partial charge in [0, 0.05) is 12.0 Å². The summed E-state index contributed by atoms with van der Waals surface area (Å²) in [6.45, 7) is 0. The van der Waals surface area contributed by atoms with Gasteiger partial charge in [0.2, 0.25) is 0 Å². The first-order chi connectivity index (χ1) is 10.7. The zero-order valence-corrected chi connectivity index (χ0v) is 13.0. The Labute approximate surface area is 130 Å². The number of ketones is 1. The summed E-state index contributed by atoms with van der Waals surface area (Å²) >= 11 is 0. The van der Waals surface area contributed by atoms with Crippen LogP contribution in [0, 0.1) is 0 Å². The quantitative estimate of drug-likeness (QED) is 0.862. The lowest BCUT2D eigenvalue weighted by atomic mass is 9.72. The predicted molar refractivity (Wildman–Crippen MR) is 85.6 cm³/mol. The van der Waals surface area contributed by atoms with Crippen LogP contribution in [-0.4, -0.2) is 20.0 Å². The molecule has 0 bridgehead atoms. The van der Waals surface area contributed by atoms with Gasteiger partial charge in [-0.15, -0.1) is 0 Å². The molecule has 0 N–H and O–H groups in total. The normalized spacial score (nSPS) is 20.9. The second kappa shape index (κ2) is 5.84. The zero-order valence-electron chi connectivity index (χ0n) is 13.0. The molecule has 0 aliphatic heterocycles. The van der Waals surface area contributed by atoms with E-state index in [2.05, 4.69) is 0 Å². The molecule has 0 radical (unpaired) electrons. The Morgan fingerprint density at radius 2 is 1.77 bits per heavy atom. The summed E-state index contributed by atoms with van der Waals surface area (Å²) in [4.78, 5) is 12.9. The molecule has 0 amide bonds. The summed E-state index contributed by atoms with van der Waals surface area (Å²) in [6, 6.07) is 15.7. The largest absolute Gasteiger partial charge is 0.497 e. The Morgan fingerprint density at radius 3 is 2.36 bits per heavy atom. The lowest BCUT2D eigenvalue weighted by molar-refractivity contribution is -0.121. The van der Waals surface area contributed by atoms with Crippen molar-refractivity contribution in [3.63, 3.8) is 0 Å². The minimum absolute atomic E-state index is 0.255. The fourth-order valence-corrected chi connectivity index (χ4v) is 3.48. The van der Waals surface area contributed by atoms with Crippen LogP contribution in [0.5, 0.6) is 11.5 Å². The second-order valence-corrected chi connectivity index (χ2v) is 5.61. The first kappa shape index (κ1) is 14.6. The highest BCUT2D eigenvalue weighted by atomic mass is 16.5. The topological polar surface area (TPSA) is 35.5 Å². The van der Waals surface area contributed by atoms with E-state index in [1.807, 2.05) is 48.5 Å². The number of ether oxygens (including phenoxy) is 2. The molecule has 1 atom stereocenters. The standard InChI is InChI=1S/C19H20O3/c1-21-15-10-11-17(22-2)16(13-15)19(12-6-9-18(19)20)14-7-4-3-5-8-14/h3-5,7-8,10-11,13H,6,9,12H2,1-2H3. The molecule has 114 valence electrons. The van der Waals surface area contributed by atoms with Crippen LogP contribution in [0.2, 0.25) is 0 Å². The number of methoxy groups -OCH3 is 2. The van der Waals surface area contributed by atoms with E-state index in [0.717, 1.165) is 35.5 Å². The van der Waals surface area contributed by atoms with E-state index < -0.39 is 5.41 Å². The number of benzene rings is 2. The number of hydrogen-bond acceptors (Lipinski definition) is 3. The van der Waals surface area contributed by atoms with Crippen LogP contribution >= 0.6 is 0 Å². The molecule has 0 spiro atoms. The summed E-state index contributed by atoms with van der Waals surface area (Å²) < 4.78 is 10.9. The Hall–Kier alpha value is -2.29. The van der Waals surface area contributed by atoms with Crippen LogP contribution in [-0.2, 0) is 10.2 Å². The number of carbonyl (C=O) groups is 1. The van der Waals surface area contributed by atoms with Crippen molar-refractivity contribution in [1.82, 2.24) is 0 Å². The maximum absolute atomic E-state index is 12.9. The average molecular weight is 296 g/mol. The molecule has 1 aliphatic rings. The van der Waals surface area contributed by atoms with Crippen molar-refractivity contribution in [2.45, 2.75) is 24.7 Å². The Bertz CT molecular complexity index is 678. The zero-order chi connectivity index (χ0) is 15.6. The molecule has 3 nitrogen and oxygen atoms in total. The molecule has 3 heteroatoms. The van der Waals surface area contributed by atoms with Gasteiger partial charge in [0.05, 0.1) is 19.6 Å². The monoisotopic (exact) mass is 296 g/mol. The molecule has 1 unspecified atom stereocenters. The molecule has 1 fully saturated rings. The molecule has 3 rings (SSSR count). The van der Waals surface area contributed by atoms with Gasteiger partial charge in [-0.25, -0.2) is 0 Å². The average Bonchev–Trinajstić information content (AvgIpc) is 2.97. The minimum Gasteiger partial charge on any atom is -0.497 e. The van der Waals surface area contributed by atoms with E-state index in [4.69, 9.17) is 9.47 Å². The highest BCUT2D eigenvalue weighted by Crippen LogP contribution is 2.48. The van der Waals surface area contributed by atoms with Crippen LogP contribution in [0.15, 0.2) is 48.5 Å². The first-order valence-corrected chi connectivity index (χ1v) is 7.53. The smallest absolute Gasteiger partial charge is 0.147 e. The molecule has 2 aromatic rings. The number of hydrogen-bond donors (Lipinski definition) is 0. The van der Waals surface area contributed by atoms with E-state index in [-0.39, 0.29) is 5.78 Å². The van der Waals surface area contributed by atoms with Crippen molar-refractivity contribution in [3.8, 4) is 11.5 Å². The minimum atomic E-state index is -0.624. The lowest BCUT2D eigenvalue weighted by Gasteiger charge is -2.30. The summed E-state index contributed by atoms with van der Waals surface area (Å²) in [5.41, 5.74) is 1.31. The maximum Gasteiger partial charge on any atom is 0.147 e. The fourth-order valence-electron chi connectivity index (χ4n) is 3.48. The van der Waals surface area contributed by atoms with E-state index in [9.17, 15) is 4.79 Å². The maximum atomic E-state index is 12.9. The molecule has 0 aromatic heterocycles. The van der Waals surface area contributed by atoms with Gasteiger partial charge in [-0.1, -0.05) is 30.3 Å². The molecule has 2 aromatic carbocycles. The van der Waals surface area contributed by atoms with Crippen molar-refractivity contribution in [3.05, 3.63) is 59.7 Å². The highest BCUT2D eigenvalue weighted by molar-refractivity contribution is 5.96. The van der Waals surface area contributed by atoms with E-state index in [1.54, 1.807) is 14.2 Å². The van der Waals surface area contributed by atoms with E-state index in [1.165, 1.54) is 0 Å². The van der Waals surface area contributed by atoms with Crippen molar-refractivity contribution in [2.75, 3.05) is 14.2 Å². The second-order valence-electron chi connectivity index (χ2n) is 5.61. The summed E-state index contributed by atoms with van der Waals surface area (Å²) in [7, 11) is 3.28. The van der Waals surface area contributed by atoms with Crippen molar-refractivity contribution in [2.24, 2.45) is 0 Å². The number of carbonyl (C=O) groups excluding carboxylic acids is 1. The van der Waals surface area contributed by atoms with Crippen LogP contribution in [0.4, 0.5) is 0 Å². The fraction of sp³-hybridized carbons (Fsp3) is 0.316. The number of rotatable bonds is 4. The predicted octanol–water partition coefficient (Wildman–Crippen LogP) is 3.74. The van der Waals surface area contributed by atoms with Gasteiger partial charge in [0.25, 0.3) is 0 Å². The highest BCUT2D eigenvalue weighted by Gasteiger charge is 2.46. The Morgan fingerprint density at radius 1 is 1.00 bits per heavy atom. The van der Waals surface area contributed by atoms with Crippen LogP contribution in [0.1, 0.15) is 30.4 Å². The van der Waals surface area contributed by atoms with Crippen LogP contribution in [0.3, 0.4) is 0 Å². The van der Waals surface area contributed by atoms with Gasteiger partial charge in [-0.05, 0) is 36.6 Å². The van der Waals surface area contributed by atoms with Gasteiger partial charge < -0.3 is 9.47 Å². The Kier molecular flexibility index (Phi) is 3.88. The van der Waals surface area contributed by atoms with Gasteiger partial charge >= 0.3 is 0 Å². The van der Waals surface area contributed by atoms with Gasteiger partial charge in [-0.3, -0.25) is 4.79 Å². The lowest BCUT2D eigenvalue weighted by Crippen LogP contribution is -2.32. The SMILES string of the molecule is COc1ccc(OC)c(C2(c3ccccc3)CCCC2=O)c1. The van der Waals surface area contributed by atoms with E-state index in [0.29, 0.717) is 6.42 Å². The molecule has 0 heterocycles. The summed E-state index contributed by atoms with van der Waals surface area (Å²) in [5.74, 6) is 1.73. The van der Waals surface area contributed by atoms with Crippen LogP contribution < -0.4 is 9.47 Å². The van der Waals surface area contributed by atoms with Crippen molar-refractivity contribution >= 4 is 5.78 Å². The number of Topliss-reactive ketones (excluding diaryl/α,β-unsaturated/α-hetero) is 1. The van der Waals surface area contributed by atoms with Gasteiger partial charge in [0.15, 0.2) is 0 Å². The molecule has 1 saturated carbocycles. The van der Waals surface area contributed by atoms with Crippen LogP contribution in [0.25, 0.3) is 0 Å². The van der Waals surface area contributed by atoms with Gasteiger partial charge in [0.1, 0.15) is 17.3 Å². The molecular formula is C19H20O3. The summed E-state index contributed by atoms with van der Waals surface area (Å²) in [5, 5.41) is 0. The van der Waals surface area contributed by atoms with Crippen molar-refractivity contribution < 1.29 is 14.3 Å². The molecular weight excluding hydrogens is 276 g/mol. The molecule has 1 aliphatic carbocycles. The Balaban J connectivity index is 2.26. The van der Waals surface area contributed by atoms with Crippen molar-refractivity contribution in [1.29, 1.82) is 0 Å². The molecule has 22 heavy (non-hydrogen) atoms. The first-order valence-electron chi connectivity index (χ1n) is 7.53. The van der Waals surface area contributed by atoms with Gasteiger partial charge in [-0.2, -0.15) is 0 Å². The third-order valence-electron chi connectivity index (χ3n) is 4.56. The third kappa shape index (κ3) is 2.17. The molecule has 0 saturated heterocycles. The summed E-state index contributed by atoms with van der Waals surface area (Å²) in [6.07, 6.45) is 2.31. The van der Waals surface area contributed by atoms with E-state index >= 15 is 0 Å². The third-order valence-corrected chi connectivity index (χ3v) is 4.56.